The van der Waals surface area contributed by atoms with Crippen LogP contribution in [0.25, 0.3) is 0 Å². The Morgan fingerprint density at radius 1 is 1.24 bits per heavy atom. The number of carboxylic acids is 1. The largest absolute Gasteiger partial charge is 0.480 e. The van der Waals surface area contributed by atoms with Gasteiger partial charge in [0.2, 0.25) is 5.91 Å². The van der Waals surface area contributed by atoms with E-state index >= 15 is 0 Å². The molecule has 1 atom stereocenters. The maximum atomic E-state index is 11.3. The number of unbranched alkanes of at least 4 members (excludes halogenated alkanes) is 3. The summed E-state index contributed by atoms with van der Waals surface area (Å²) in [4.78, 5) is 21.4. The first-order valence-corrected chi connectivity index (χ1v) is 6.15. The Hall–Kier alpha value is -1.10. The van der Waals surface area contributed by atoms with Crippen LogP contribution in [0.2, 0.25) is 0 Å². The van der Waals surface area contributed by atoms with Gasteiger partial charge in [-0.2, -0.15) is 0 Å². The van der Waals surface area contributed by atoms with E-state index in [1.807, 2.05) is 6.92 Å². The molecule has 0 rings (SSSR count). The van der Waals surface area contributed by atoms with Gasteiger partial charge in [-0.25, -0.2) is 4.79 Å². The zero-order valence-electron chi connectivity index (χ0n) is 10.7. The molecular weight excluding hydrogens is 222 g/mol. The summed E-state index contributed by atoms with van der Waals surface area (Å²) >= 11 is 0. The van der Waals surface area contributed by atoms with E-state index in [1.54, 1.807) is 0 Å². The van der Waals surface area contributed by atoms with Crippen LogP contribution in [0.1, 0.15) is 46.0 Å². The molecule has 0 aromatic carbocycles. The number of amides is 1. The summed E-state index contributed by atoms with van der Waals surface area (Å²) in [6.07, 6.45) is 5.66. The summed E-state index contributed by atoms with van der Waals surface area (Å²) in [6, 6.07) is 0.118. The highest BCUT2D eigenvalue weighted by atomic mass is 16.5. The first-order chi connectivity index (χ1) is 8.06. The van der Waals surface area contributed by atoms with Crippen molar-refractivity contribution >= 4 is 11.9 Å². The minimum Gasteiger partial charge on any atom is -0.480 e. The van der Waals surface area contributed by atoms with E-state index in [2.05, 4.69) is 17.0 Å². The summed E-state index contributed by atoms with van der Waals surface area (Å²) in [6.45, 7) is 3.48. The van der Waals surface area contributed by atoms with Crippen molar-refractivity contribution in [3.63, 3.8) is 0 Å². The molecule has 0 aromatic heterocycles. The fraction of sp³-hybridized carbons (Fsp3) is 0.833. The van der Waals surface area contributed by atoms with Crippen molar-refractivity contribution in [1.29, 1.82) is 0 Å². The van der Waals surface area contributed by atoms with E-state index in [-0.39, 0.29) is 18.6 Å². The van der Waals surface area contributed by atoms with Crippen LogP contribution in [0.4, 0.5) is 0 Å². The van der Waals surface area contributed by atoms with Crippen LogP contribution in [-0.4, -0.2) is 36.2 Å². The molecule has 0 bridgehead atoms. The lowest BCUT2D eigenvalue weighted by atomic mass is 10.1. The van der Waals surface area contributed by atoms with E-state index in [0.717, 1.165) is 12.8 Å². The predicted octanol–water partition coefficient (Wildman–Crippen LogP) is 1.56. The van der Waals surface area contributed by atoms with E-state index in [0.29, 0.717) is 0 Å². The van der Waals surface area contributed by atoms with Gasteiger partial charge in [0, 0.05) is 6.04 Å². The van der Waals surface area contributed by atoms with Crippen molar-refractivity contribution in [2.24, 2.45) is 0 Å². The number of carbonyl (C=O) groups excluding carboxylic acids is 1. The van der Waals surface area contributed by atoms with E-state index in [4.69, 9.17) is 5.11 Å². The minimum absolute atomic E-state index is 0.118. The number of nitrogens with one attached hydrogen (secondary N) is 1. The summed E-state index contributed by atoms with van der Waals surface area (Å²) in [5.41, 5.74) is 0. The van der Waals surface area contributed by atoms with Gasteiger partial charge in [-0.3, -0.25) is 4.79 Å². The summed E-state index contributed by atoms with van der Waals surface area (Å²) in [5, 5.41) is 11.1. The van der Waals surface area contributed by atoms with Crippen LogP contribution < -0.4 is 5.32 Å². The number of rotatable bonds is 10. The average Bonchev–Trinajstić information content (AvgIpc) is 2.23. The monoisotopic (exact) mass is 245 g/mol. The lowest BCUT2D eigenvalue weighted by Crippen LogP contribution is -2.35. The van der Waals surface area contributed by atoms with Crippen molar-refractivity contribution in [2.75, 3.05) is 13.2 Å². The van der Waals surface area contributed by atoms with Gasteiger partial charge in [0.25, 0.3) is 0 Å². The maximum absolute atomic E-state index is 11.3. The molecule has 0 aliphatic carbocycles. The highest BCUT2D eigenvalue weighted by Gasteiger charge is 2.07. The molecule has 0 saturated heterocycles. The molecule has 0 aliphatic rings. The molecule has 0 heterocycles. The van der Waals surface area contributed by atoms with Gasteiger partial charge in [-0.1, -0.05) is 32.6 Å². The predicted molar refractivity (Wildman–Crippen MR) is 64.8 cm³/mol. The zero-order chi connectivity index (χ0) is 13.1. The van der Waals surface area contributed by atoms with Gasteiger partial charge in [0.05, 0.1) is 0 Å². The van der Waals surface area contributed by atoms with Gasteiger partial charge in [0.15, 0.2) is 0 Å². The van der Waals surface area contributed by atoms with E-state index < -0.39 is 12.6 Å². The fourth-order valence-electron chi connectivity index (χ4n) is 1.50. The molecule has 0 radical (unpaired) electrons. The Balaban J connectivity index is 3.48. The second-order valence-electron chi connectivity index (χ2n) is 4.20. The molecule has 0 aromatic rings. The Kier molecular flexibility index (Phi) is 9.43. The van der Waals surface area contributed by atoms with Crippen LogP contribution in [-0.2, 0) is 14.3 Å². The maximum Gasteiger partial charge on any atom is 0.329 e. The number of ether oxygens (including phenoxy) is 1. The van der Waals surface area contributed by atoms with Gasteiger partial charge in [0.1, 0.15) is 13.2 Å². The SMILES string of the molecule is CCCCCCC(C)NC(=O)COCC(=O)O. The van der Waals surface area contributed by atoms with Gasteiger partial charge >= 0.3 is 5.97 Å². The topological polar surface area (TPSA) is 75.6 Å². The van der Waals surface area contributed by atoms with Gasteiger partial charge < -0.3 is 15.2 Å². The molecular formula is C12H23NO4. The third kappa shape index (κ3) is 11.2. The molecule has 0 aliphatic heterocycles. The van der Waals surface area contributed by atoms with Crippen LogP contribution >= 0.6 is 0 Å². The highest BCUT2D eigenvalue weighted by molar-refractivity contribution is 5.78. The van der Waals surface area contributed by atoms with Crippen LogP contribution in [0.3, 0.4) is 0 Å². The fourth-order valence-corrected chi connectivity index (χ4v) is 1.50. The number of carbonyl (C=O) groups is 2. The zero-order valence-corrected chi connectivity index (χ0v) is 10.7. The molecule has 0 fully saturated rings. The number of hydrogen-bond donors (Lipinski definition) is 2. The normalized spacial score (nSPS) is 12.1. The summed E-state index contributed by atoms with van der Waals surface area (Å²) < 4.78 is 4.69. The van der Waals surface area contributed by atoms with Crippen LogP contribution in [0.5, 0.6) is 0 Å². The Bertz CT molecular complexity index is 231. The molecule has 2 N–H and O–H groups in total. The van der Waals surface area contributed by atoms with Crippen LogP contribution in [0, 0.1) is 0 Å². The summed E-state index contributed by atoms with van der Waals surface area (Å²) in [5.74, 6) is -1.32. The molecule has 1 unspecified atom stereocenters. The first kappa shape index (κ1) is 15.9. The molecule has 17 heavy (non-hydrogen) atoms. The Morgan fingerprint density at radius 2 is 1.94 bits per heavy atom. The van der Waals surface area contributed by atoms with Crippen molar-refractivity contribution in [3.05, 3.63) is 0 Å². The minimum atomic E-state index is -1.06. The molecule has 5 heteroatoms. The van der Waals surface area contributed by atoms with Crippen LogP contribution in [0.15, 0.2) is 0 Å². The molecule has 5 nitrogen and oxygen atoms in total. The van der Waals surface area contributed by atoms with Crippen molar-refractivity contribution in [2.45, 2.75) is 52.0 Å². The van der Waals surface area contributed by atoms with Crippen molar-refractivity contribution in [1.82, 2.24) is 5.32 Å². The lowest BCUT2D eigenvalue weighted by Gasteiger charge is -2.13. The smallest absolute Gasteiger partial charge is 0.329 e. The number of hydrogen-bond acceptors (Lipinski definition) is 3. The standard InChI is InChI=1S/C12H23NO4/c1-3-4-5-6-7-10(2)13-11(14)8-17-9-12(15)16/h10H,3-9H2,1-2H3,(H,13,14)(H,15,16). The van der Waals surface area contributed by atoms with Crippen molar-refractivity contribution < 1.29 is 19.4 Å². The Labute approximate surface area is 103 Å². The van der Waals surface area contributed by atoms with E-state index in [1.165, 1.54) is 19.3 Å². The lowest BCUT2D eigenvalue weighted by molar-refractivity contribution is -0.143. The number of carboxylic acid groups (broad SMARTS) is 1. The van der Waals surface area contributed by atoms with Gasteiger partial charge in [-0.05, 0) is 13.3 Å². The first-order valence-electron chi connectivity index (χ1n) is 6.15. The molecule has 100 valence electrons. The second kappa shape index (κ2) is 10.1. The third-order valence-electron chi connectivity index (χ3n) is 2.36. The average molecular weight is 245 g/mol. The Morgan fingerprint density at radius 3 is 2.53 bits per heavy atom. The summed E-state index contributed by atoms with van der Waals surface area (Å²) in [7, 11) is 0. The highest BCUT2D eigenvalue weighted by Crippen LogP contribution is 2.04. The third-order valence-corrected chi connectivity index (χ3v) is 2.36. The molecule has 0 spiro atoms. The van der Waals surface area contributed by atoms with Gasteiger partial charge in [-0.15, -0.1) is 0 Å². The number of aliphatic carboxylic acids is 1. The van der Waals surface area contributed by atoms with E-state index in [9.17, 15) is 9.59 Å². The molecule has 1 amide bonds. The molecule has 0 saturated carbocycles. The quantitative estimate of drug-likeness (QED) is 0.573. The van der Waals surface area contributed by atoms with Crippen molar-refractivity contribution in [3.8, 4) is 0 Å². The second-order valence-corrected chi connectivity index (χ2v) is 4.20.